The molecule has 3 aromatic rings. The normalized spacial score (nSPS) is 16.0. The average Bonchev–Trinajstić information content (AvgIpc) is 2.92. The maximum absolute atomic E-state index is 13.7. The second-order valence-electron chi connectivity index (χ2n) is 4.84. The number of rotatable bonds is 0. The lowest BCUT2D eigenvalue weighted by molar-refractivity contribution is 0.628. The van der Waals surface area contributed by atoms with Gasteiger partial charge in [0.05, 0.1) is 3.92 Å². The fraction of sp³-hybridized carbons (Fsp3) is 0.0588. The van der Waals surface area contributed by atoms with Crippen LogP contribution in [0.15, 0.2) is 53.9 Å². The lowest BCUT2D eigenvalue weighted by Crippen LogP contribution is -1.95. The smallest absolute Gasteiger partial charge is 0.123 e. The molecular formula is C17H10FIS. The third kappa shape index (κ3) is 1.76. The molecular weight excluding hydrogens is 382 g/mol. The fourth-order valence-corrected chi connectivity index (χ4v) is 4.85. The number of benzene rings is 2. The quantitative estimate of drug-likeness (QED) is 0.322. The minimum atomic E-state index is -0.171. The van der Waals surface area contributed by atoms with Gasteiger partial charge in [0.25, 0.3) is 0 Å². The lowest BCUT2D eigenvalue weighted by Gasteiger charge is -2.14. The Balaban J connectivity index is 2.14. The first-order valence-electron chi connectivity index (χ1n) is 6.36. The zero-order valence-corrected chi connectivity index (χ0v) is 13.4. The molecule has 1 atom stereocenters. The van der Waals surface area contributed by atoms with E-state index in [0.717, 1.165) is 11.1 Å². The largest absolute Gasteiger partial charge is 0.207 e. The first-order chi connectivity index (χ1) is 9.75. The Labute approximate surface area is 134 Å². The van der Waals surface area contributed by atoms with E-state index < -0.39 is 0 Å². The summed E-state index contributed by atoms with van der Waals surface area (Å²) >= 11 is 4.18. The molecule has 98 valence electrons. The predicted octanol–water partition coefficient (Wildman–Crippen LogP) is 6.06. The molecule has 0 saturated carbocycles. The van der Waals surface area contributed by atoms with E-state index >= 15 is 0 Å². The van der Waals surface area contributed by atoms with Crippen LogP contribution in [0.25, 0.3) is 21.6 Å². The van der Waals surface area contributed by atoms with Crippen molar-refractivity contribution in [2.24, 2.45) is 0 Å². The van der Waals surface area contributed by atoms with Crippen molar-refractivity contribution >= 4 is 33.9 Å². The number of thiophene rings is 1. The summed E-state index contributed by atoms with van der Waals surface area (Å²) in [6.07, 6.45) is 0. The fourth-order valence-electron chi connectivity index (χ4n) is 2.81. The molecule has 0 spiro atoms. The summed E-state index contributed by atoms with van der Waals surface area (Å²) in [4.78, 5) is 1.24. The molecule has 4 rings (SSSR count). The van der Waals surface area contributed by atoms with Gasteiger partial charge in [-0.15, -0.1) is 11.3 Å². The van der Waals surface area contributed by atoms with Crippen molar-refractivity contribution in [3.8, 4) is 21.6 Å². The Morgan fingerprint density at radius 1 is 0.900 bits per heavy atom. The van der Waals surface area contributed by atoms with Crippen LogP contribution in [-0.4, -0.2) is 0 Å². The summed E-state index contributed by atoms with van der Waals surface area (Å²) in [5.74, 6) is -0.171. The molecule has 1 aliphatic carbocycles. The van der Waals surface area contributed by atoms with Crippen LogP contribution >= 0.6 is 33.9 Å². The Morgan fingerprint density at radius 2 is 1.70 bits per heavy atom. The van der Waals surface area contributed by atoms with Crippen LogP contribution in [0.4, 0.5) is 4.39 Å². The molecule has 0 N–H and O–H groups in total. The summed E-state index contributed by atoms with van der Waals surface area (Å²) in [6.45, 7) is 0. The highest BCUT2D eigenvalue weighted by Crippen LogP contribution is 2.50. The van der Waals surface area contributed by atoms with Gasteiger partial charge in [0.1, 0.15) is 5.82 Å². The number of hydrogen-bond acceptors (Lipinski definition) is 1. The Hall–Kier alpha value is -1.20. The molecule has 0 amide bonds. The molecule has 1 aromatic heterocycles. The highest BCUT2D eigenvalue weighted by molar-refractivity contribution is 14.1. The number of hydrogen-bond donors (Lipinski definition) is 0. The van der Waals surface area contributed by atoms with Crippen molar-refractivity contribution in [2.45, 2.75) is 3.92 Å². The standard InChI is InChI=1S/C17H10FIS/c18-10-5-6-12-15(9-10)14-7-8-20-17(14)13-4-2-1-3-11(13)16(12)19/h1-9,16H. The van der Waals surface area contributed by atoms with Gasteiger partial charge in [0.15, 0.2) is 0 Å². The highest BCUT2D eigenvalue weighted by Gasteiger charge is 2.26. The van der Waals surface area contributed by atoms with Crippen LogP contribution in [-0.2, 0) is 0 Å². The average molecular weight is 392 g/mol. The van der Waals surface area contributed by atoms with Gasteiger partial charge in [-0.25, -0.2) is 4.39 Å². The Morgan fingerprint density at radius 3 is 2.60 bits per heavy atom. The molecule has 0 nitrogen and oxygen atoms in total. The summed E-state index contributed by atoms with van der Waals surface area (Å²) < 4.78 is 13.9. The minimum Gasteiger partial charge on any atom is -0.207 e. The maximum Gasteiger partial charge on any atom is 0.123 e. The van der Waals surface area contributed by atoms with Gasteiger partial charge < -0.3 is 0 Å². The van der Waals surface area contributed by atoms with Crippen molar-refractivity contribution in [1.29, 1.82) is 0 Å². The second kappa shape index (κ2) is 4.67. The summed E-state index contributed by atoms with van der Waals surface area (Å²) in [5, 5.41) is 2.09. The third-order valence-electron chi connectivity index (χ3n) is 3.72. The lowest BCUT2D eigenvalue weighted by atomic mass is 9.99. The SMILES string of the molecule is Fc1ccc2c(c1)-c1ccsc1-c1ccccc1C2I. The van der Waals surface area contributed by atoms with E-state index in [1.807, 2.05) is 6.07 Å². The molecule has 0 saturated heterocycles. The molecule has 1 heterocycles. The van der Waals surface area contributed by atoms with Crippen LogP contribution in [0.5, 0.6) is 0 Å². The van der Waals surface area contributed by atoms with Crippen LogP contribution in [0.2, 0.25) is 0 Å². The van der Waals surface area contributed by atoms with Crippen molar-refractivity contribution in [1.82, 2.24) is 0 Å². The van der Waals surface area contributed by atoms with Gasteiger partial charge in [0, 0.05) is 10.4 Å². The van der Waals surface area contributed by atoms with Gasteiger partial charge in [-0.2, -0.15) is 0 Å². The second-order valence-corrected chi connectivity index (χ2v) is 7.01. The Kier molecular flexibility index (Phi) is 2.93. The van der Waals surface area contributed by atoms with E-state index in [1.54, 1.807) is 23.5 Å². The van der Waals surface area contributed by atoms with Gasteiger partial charge in [-0.05, 0) is 45.8 Å². The van der Waals surface area contributed by atoms with Gasteiger partial charge in [-0.3, -0.25) is 0 Å². The molecule has 2 aromatic carbocycles. The third-order valence-corrected chi connectivity index (χ3v) is 6.01. The van der Waals surface area contributed by atoms with Gasteiger partial charge >= 0.3 is 0 Å². The monoisotopic (exact) mass is 392 g/mol. The van der Waals surface area contributed by atoms with Crippen LogP contribution in [0, 0.1) is 5.82 Å². The first-order valence-corrected chi connectivity index (χ1v) is 8.49. The zero-order valence-electron chi connectivity index (χ0n) is 10.4. The zero-order chi connectivity index (χ0) is 13.7. The van der Waals surface area contributed by atoms with E-state index in [4.69, 9.17) is 0 Å². The van der Waals surface area contributed by atoms with Crippen molar-refractivity contribution in [3.05, 3.63) is 70.9 Å². The number of halogens is 2. The molecule has 0 aliphatic heterocycles. The van der Waals surface area contributed by atoms with Crippen molar-refractivity contribution < 1.29 is 4.39 Å². The number of fused-ring (bicyclic) bond motifs is 5. The molecule has 20 heavy (non-hydrogen) atoms. The van der Waals surface area contributed by atoms with Crippen molar-refractivity contribution in [3.63, 3.8) is 0 Å². The molecule has 3 heteroatoms. The van der Waals surface area contributed by atoms with Gasteiger partial charge in [-0.1, -0.05) is 52.9 Å². The van der Waals surface area contributed by atoms with E-state index in [0.29, 0.717) is 0 Å². The maximum atomic E-state index is 13.7. The first kappa shape index (κ1) is 12.5. The summed E-state index contributed by atoms with van der Waals surface area (Å²) in [7, 11) is 0. The molecule has 1 unspecified atom stereocenters. The van der Waals surface area contributed by atoms with E-state index in [9.17, 15) is 4.39 Å². The Bertz CT molecular complexity index is 806. The summed E-state index contributed by atoms with van der Waals surface area (Å²) in [5.41, 5.74) is 5.94. The van der Waals surface area contributed by atoms with E-state index in [2.05, 4.69) is 58.3 Å². The highest BCUT2D eigenvalue weighted by atomic mass is 127. The molecule has 0 radical (unpaired) electrons. The number of alkyl halides is 1. The van der Waals surface area contributed by atoms with E-state index in [1.165, 1.54) is 21.6 Å². The molecule has 1 aliphatic rings. The molecule has 0 bridgehead atoms. The van der Waals surface area contributed by atoms with E-state index in [-0.39, 0.29) is 9.74 Å². The van der Waals surface area contributed by atoms with Crippen LogP contribution in [0.3, 0.4) is 0 Å². The van der Waals surface area contributed by atoms with Gasteiger partial charge in [0.2, 0.25) is 0 Å². The summed E-state index contributed by atoms with van der Waals surface area (Å²) in [6, 6.07) is 15.7. The van der Waals surface area contributed by atoms with Crippen LogP contribution < -0.4 is 0 Å². The predicted molar refractivity (Wildman–Crippen MR) is 91.0 cm³/mol. The minimum absolute atomic E-state index is 0.171. The van der Waals surface area contributed by atoms with Crippen LogP contribution in [0.1, 0.15) is 15.1 Å². The van der Waals surface area contributed by atoms with Crippen molar-refractivity contribution in [2.75, 3.05) is 0 Å². The topological polar surface area (TPSA) is 0 Å². The molecule has 0 fully saturated rings.